The second-order valence-electron chi connectivity index (χ2n) is 15.3. The molecule has 9 heteroatoms. The monoisotopic (exact) mass is 610 g/mol. The van der Waals surface area contributed by atoms with Gasteiger partial charge in [0.05, 0.1) is 28.1 Å². The highest BCUT2D eigenvalue weighted by molar-refractivity contribution is 7.85. The summed E-state index contributed by atoms with van der Waals surface area (Å²) in [4.78, 5) is 15.1. The fraction of sp³-hybridized carbons (Fsp3) is 0.970. The van der Waals surface area contributed by atoms with E-state index in [0.29, 0.717) is 68.0 Å². The average Bonchev–Trinajstić information content (AvgIpc) is 3.30. The standard InChI is InChI=1S/C33H57NO7S/c1-5-24-28-20-23(35)10-14-33(28,4)27-11-15-32(3)25(7-8-26(32)30(27)31(24)37)21(2)6-9-29(36)34(16-19-42(38,39)40)22-12-17-41-18-13-22/h21-28,30-31,35,37H,5-20H2,1-4H3,(H,38,39,40)/p-1/t21-,23-,24-,25-,26+,27+,28+,30+,31-,32-,33-/m1/s1. The van der Waals surface area contributed by atoms with E-state index in [2.05, 4.69) is 27.7 Å². The second-order valence-corrected chi connectivity index (χ2v) is 16.9. The number of aliphatic hydroxyl groups is 2. The molecule has 4 aliphatic carbocycles. The first-order chi connectivity index (χ1) is 19.8. The lowest BCUT2D eigenvalue weighted by Gasteiger charge is -2.64. The van der Waals surface area contributed by atoms with Crippen molar-refractivity contribution in [1.82, 2.24) is 4.90 Å². The van der Waals surface area contributed by atoms with Crippen LogP contribution in [0.2, 0.25) is 0 Å². The van der Waals surface area contributed by atoms with Gasteiger partial charge in [-0.2, -0.15) is 0 Å². The van der Waals surface area contributed by atoms with Crippen molar-refractivity contribution >= 4 is 16.0 Å². The molecule has 5 aliphatic rings. The summed E-state index contributed by atoms with van der Waals surface area (Å²) in [7, 11) is -4.40. The quantitative estimate of drug-likeness (QED) is 0.366. The lowest BCUT2D eigenvalue weighted by molar-refractivity contribution is -0.203. The van der Waals surface area contributed by atoms with E-state index in [0.717, 1.165) is 57.8 Å². The molecule has 1 aliphatic heterocycles. The van der Waals surface area contributed by atoms with Crippen LogP contribution in [0.4, 0.5) is 0 Å². The molecule has 8 nitrogen and oxygen atoms in total. The maximum atomic E-state index is 13.5. The number of hydrogen-bond donors (Lipinski definition) is 2. The van der Waals surface area contributed by atoms with E-state index in [9.17, 15) is 28.0 Å². The Morgan fingerprint density at radius 1 is 1.00 bits per heavy atom. The molecular formula is C33H56NO7S-. The van der Waals surface area contributed by atoms with Gasteiger partial charge < -0.3 is 24.4 Å². The number of rotatable bonds is 9. The minimum atomic E-state index is -4.40. The van der Waals surface area contributed by atoms with E-state index >= 15 is 0 Å². The van der Waals surface area contributed by atoms with Gasteiger partial charge >= 0.3 is 0 Å². The predicted octanol–water partition coefficient (Wildman–Crippen LogP) is 4.58. The minimum Gasteiger partial charge on any atom is -0.748 e. The molecule has 1 heterocycles. The van der Waals surface area contributed by atoms with Crippen molar-refractivity contribution in [2.75, 3.05) is 25.5 Å². The molecule has 0 aromatic heterocycles. The third-order valence-electron chi connectivity index (χ3n) is 13.5. The van der Waals surface area contributed by atoms with Gasteiger partial charge in [-0.05, 0) is 116 Å². The summed E-state index contributed by atoms with van der Waals surface area (Å²) in [5, 5.41) is 22.5. The minimum absolute atomic E-state index is 0.0384. The van der Waals surface area contributed by atoms with Crippen LogP contribution >= 0.6 is 0 Å². The normalized spacial score (nSPS) is 43.2. The molecule has 242 valence electrons. The van der Waals surface area contributed by atoms with Crippen molar-refractivity contribution in [3.63, 3.8) is 0 Å². The first-order valence-corrected chi connectivity index (χ1v) is 18.5. The van der Waals surface area contributed by atoms with Crippen molar-refractivity contribution < 1.29 is 32.7 Å². The number of ether oxygens (including phenoxy) is 1. The van der Waals surface area contributed by atoms with Crippen molar-refractivity contribution in [1.29, 1.82) is 0 Å². The molecule has 4 saturated carbocycles. The Morgan fingerprint density at radius 3 is 2.33 bits per heavy atom. The summed E-state index contributed by atoms with van der Waals surface area (Å²) in [6.07, 6.45) is 10.2. The van der Waals surface area contributed by atoms with Crippen LogP contribution in [-0.2, 0) is 19.6 Å². The first-order valence-electron chi connectivity index (χ1n) is 17.0. The topological polar surface area (TPSA) is 127 Å². The molecule has 5 rings (SSSR count). The highest BCUT2D eigenvalue weighted by Gasteiger charge is 2.64. The van der Waals surface area contributed by atoms with Crippen LogP contribution < -0.4 is 0 Å². The van der Waals surface area contributed by atoms with E-state index in [1.54, 1.807) is 4.90 Å². The van der Waals surface area contributed by atoms with Crippen molar-refractivity contribution in [3.05, 3.63) is 0 Å². The van der Waals surface area contributed by atoms with E-state index in [-0.39, 0.29) is 47.4 Å². The van der Waals surface area contributed by atoms with Crippen LogP contribution in [0, 0.1) is 52.3 Å². The number of hydrogen-bond acceptors (Lipinski definition) is 7. The zero-order valence-electron chi connectivity index (χ0n) is 26.4. The summed E-state index contributed by atoms with van der Waals surface area (Å²) in [6, 6.07) is -0.0719. The van der Waals surface area contributed by atoms with Gasteiger partial charge in [-0.25, -0.2) is 8.42 Å². The summed E-state index contributed by atoms with van der Waals surface area (Å²) in [5.74, 6) is 2.17. The first kappa shape index (κ1) is 32.6. The maximum absolute atomic E-state index is 13.5. The van der Waals surface area contributed by atoms with E-state index in [4.69, 9.17) is 4.74 Å². The Labute approximate surface area is 254 Å². The molecule has 1 amide bonds. The number of nitrogens with zero attached hydrogens (tertiary/aromatic N) is 1. The van der Waals surface area contributed by atoms with E-state index in [1.165, 1.54) is 0 Å². The Hall–Kier alpha value is -0.740. The molecule has 0 bridgehead atoms. The van der Waals surface area contributed by atoms with E-state index in [1.807, 2.05) is 0 Å². The molecule has 11 atom stereocenters. The Kier molecular flexibility index (Phi) is 9.77. The Balaban J connectivity index is 1.27. The second kappa shape index (κ2) is 12.6. The lowest BCUT2D eigenvalue weighted by Crippen LogP contribution is -2.62. The highest BCUT2D eigenvalue weighted by atomic mass is 32.2. The van der Waals surface area contributed by atoms with Gasteiger partial charge in [0.1, 0.15) is 0 Å². The Morgan fingerprint density at radius 2 is 1.67 bits per heavy atom. The van der Waals surface area contributed by atoms with Crippen LogP contribution in [0.15, 0.2) is 0 Å². The van der Waals surface area contributed by atoms with Crippen LogP contribution in [0.25, 0.3) is 0 Å². The van der Waals surface area contributed by atoms with Crippen molar-refractivity contribution in [2.45, 2.75) is 123 Å². The van der Waals surface area contributed by atoms with Gasteiger partial charge in [-0.3, -0.25) is 4.79 Å². The molecular weight excluding hydrogens is 554 g/mol. The SMILES string of the molecule is CC[C@H]1[C@@H](O)[C@@H]2[C@H](CC[C@]3(C)[C@@H]([C@H](C)CCC(=O)N(CCS(=O)(=O)[O-])C4CCOCC4)CC[C@@H]23)[C@@]2(C)CC[C@@H](O)C[C@@H]12. The number of fused-ring (bicyclic) bond motifs is 5. The largest absolute Gasteiger partial charge is 0.748 e. The molecule has 0 aromatic carbocycles. The molecule has 0 radical (unpaired) electrons. The van der Waals surface area contributed by atoms with Gasteiger partial charge in [0.25, 0.3) is 0 Å². The highest BCUT2D eigenvalue weighted by Crippen LogP contribution is 2.69. The van der Waals surface area contributed by atoms with E-state index < -0.39 is 15.9 Å². The fourth-order valence-corrected chi connectivity index (χ4v) is 11.8. The molecule has 2 N–H and O–H groups in total. The van der Waals surface area contributed by atoms with Gasteiger partial charge in [0.15, 0.2) is 0 Å². The van der Waals surface area contributed by atoms with Crippen LogP contribution in [0.3, 0.4) is 0 Å². The summed E-state index contributed by atoms with van der Waals surface area (Å²) in [6.45, 7) is 10.5. The maximum Gasteiger partial charge on any atom is 0.222 e. The summed E-state index contributed by atoms with van der Waals surface area (Å²) >= 11 is 0. The third kappa shape index (κ3) is 6.08. The number of carbonyl (C=O) groups is 1. The number of carbonyl (C=O) groups excluding carboxylic acids is 1. The molecule has 0 spiro atoms. The van der Waals surface area contributed by atoms with Gasteiger partial charge in [-0.1, -0.05) is 34.1 Å². The number of aliphatic hydroxyl groups excluding tert-OH is 2. The van der Waals surface area contributed by atoms with Crippen molar-refractivity contribution in [3.8, 4) is 0 Å². The number of amides is 1. The zero-order valence-corrected chi connectivity index (χ0v) is 27.2. The Bertz CT molecular complexity index is 1060. The van der Waals surface area contributed by atoms with Gasteiger partial charge in [-0.15, -0.1) is 0 Å². The third-order valence-corrected chi connectivity index (χ3v) is 14.2. The lowest BCUT2D eigenvalue weighted by atomic mass is 9.41. The summed E-state index contributed by atoms with van der Waals surface area (Å²) in [5.41, 5.74) is 0.323. The van der Waals surface area contributed by atoms with Crippen LogP contribution in [0.5, 0.6) is 0 Å². The van der Waals surface area contributed by atoms with Gasteiger partial charge in [0.2, 0.25) is 5.91 Å². The zero-order chi connectivity index (χ0) is 30.4. The smallest absolute Gasteiger partial charge is 0.222 e. The molecule has 5 fully saturated rings. The average molecular weight is 611 g/mol. The van der Waals surface area contributed by atoms with Gasteiger partial charge in [0, 0.05) is 32.2 Å². The molecule has 0 unspecified atom stereocenters. The van der Waals surface area contributed by atoms with Crippen LogP contribution in [-0.4, -0.2) is 77.8 Å². The molecule has 42 heavy (non-hydrogen) atoms. The van der Waals surface area contributed by atoms with Crippen molar-refractivity contribution in [2.24, 2.45) is 52.3 Å². The molecule has 1 saturated heterocycles. The fourth-order valence-electron chi connectivity index (χ4n) is 11.3. The predicted molar refractivity (Wildman–Crippen MR) is 160 cm³/mol. The van der Waals surface area contributed by atoms with Crippen LogP contribution in [0.1, 0.15) is 105 Å². The molecule has 0 aromatic rings. The summed E-state index contributed by atoms with van der Waals surface area (Å²) < 4.78 is 39.6.